The van der Waals surface area contributed by atoms with Crippen LogP contribution in [-0.2, 0) is 11.3 Å². The summed E-state index contributed by atoms with van der Waals surface area (Å²) in [7, 11) is 0. The molecule has 3 rings (SSSR count). The van der Waals surface area contributed by atoms with Crippen LogP contribution in [0.1, 0.15) is 36.3 Å². The van der Waals surface area contributed by atoms with Crippen LogP contribution in [0.3, 0.4) is 0 Å². The van der Waals surface area contributed by atoms with Gasteiger partial charge in [0.1, 0.15) is 5.82 Å². The Hall–Kier alpha value is -3.41. The van der Waals surface area contributed by atoms with Gasteiger partial charge in [-0.25, -0.2) is 4.68 Å². The molecule has 0 fully saturated rings. The SMILES string of the molecule is CCC(=O)Nc1cc(C(=O)N(CC)Cc2ccccc2)nn1-c1ccccc1. The summed E-state index contributed by atoms with van der Waals surface area (Å²) in [6, 6.07) is 20.9. The average molecular weight is 376 g/mol. The highest BCUT2D eigenvalue weighted by molar-refractivity contribution is 5.95. The van der Waals surface area contributed by atoms with Crippen molar-refractivity contribution in [3.63, 3.8) is 0 Å². The lowest BCUT2D eigenvalue weighted by Gasteiger charge is -2.19. The number of nitrogens with zero attached hydrogens (tertiary/aromatic N) is 3. The summed E-state index contributed by atoms with van der Waals surface area (Å²) in [6.45, 7) is 4.78. The first-order valence-electron chi connectivity index (χ1n) is 9.41. The first-order valence-corrected chi connectivity index (χ1v) is 9.41. The van der Waals surface area contributed by atoms with Gasteiger partial charge in [0.15, 0.2) is 5.69 Å². The molecule has 6 heteroatoms. The van der Waals surface area contributed by atoms with Gasteiger partial charge in [0.05, 0.1) is 5.69 Å². The van der Waals surface area contributed by atoms with Crippen molar-refractivity contribution < 1.29 is 9.59 Å². The molecule has 6 nitrogen and oxygen atoms in total. The van der Waals surface area contributed by atoms with Crippen LogP contribution in [0.4, 0.5) is 5.82 Å². The molecule has 2 amide bonds. The Bertz CT molecular complexity index is 936. The molecule has 0 bridgehead atoms. The second kappa shape index (κ2) is 8.99. The number of nitrogens with one attached hydrogen (secondary N) is 1. The molecule has 0 saturated heterocycles. The molecule has 1 N–H and O–H groups in total. The molecule has 1 aromatic heterocycles. The third-order valence-corrected chi connectivity index (χ3v) is 4.40. The first-order chi connectivity index (χ1) is 13.6. The molecule has 28 heavy (non-hydrogen) atoms. The number of amides is 2. The Balaban J connectivity index is 1.91. The summed E-state index contributed by atoms with van der Waals surface area (Å²) in [4.78, 5) is 26.7. The molecule has 3 aromatic rings. The Morgan fingerprint density at radius 3 is 2.25 bits per heavy atom. The van der Waals surface area contributed by atoms with Crippen molar-refractivity contribution in [1.29, 1.82) is 0 Å². The van der Waals surface area contributed by atoms with Crippen LogP contribution in [-0.4, -0.2) is 33.0 Å². The number of anilines is 1. The predicted molar refractivity (Wildman–Crippen MR) is 109 cm³/mol. The van der Waals surface area contributed by atoms with Gasteiger partial charge in [0, 0.05) is 25.6 Å². The van der Waals surface area contributed by atoms with Crippen molar-refractivity contribution in [2.45, 2.75) is 26.8 Å². The van der Waals surface area contributed by atoms with Crippen LogP contribution in [0, 0.1) is 0 Å². The maximum absolute atomic E-state index is 13.1. The predicted octanol–water partition coefficient (Wildman–Crippen LogP) is 3.88. The van der Waals surface area contributed by atoms with Crippen LogP contribution < -0.4 is 5.32 Å². The van der Waals surface area contributed by atoms with E-state index in [4.69, 9.17) is 0 Å². The van der Waals surface area contributed by atoms with Gasteiger partial charge < -0.3 is 10.2 Å². The van der Waals surface area contributed by atoms with Crippen molar-refractivity contribution in [3.05, 3.63) is 78.0 Å². The van der Waals surface area contributed by atoms with Crippen molar-refractivity contribution in [2.24, 2.45) is 0 Å². The van der Waals surface area contributed by atoms with Gasteiger partial charge in [-0.1, -0.05) is 55.5 Å². The largest absolute Gasteiger partial charge is 0.333 e. The van der Waals surface area contributed by atoms with E-state index in [-0.39, 0.29) is 11.8 Å². The van der Waals surface area contributed by atoms with Crippen LogP contribution in [0.15, 0.2) is 66.7 Å². The van der Waals surface area contributed by atoms with Gasteiger partial charge in [0.25, 0.3) is 5.91 Å². The molecule has 0 aliphatic rings. The minimum absolute atomic E-state index is 0.132. The van der Waals surface area contributed by atoms with Gasteiger partial charge in [-0.15, -0.1) is 0 Å². The number of hydrogen-bond donors (Lipinski definition) is 1. The zero-order chi connectivity index (χ0) is 19.9. The molecule has 0 unspecified atom stereocenters. The topological polar surface area (TPSA) is 67.2 Å². The quantitative estimate of drug-likeness (QED) is 0.680. The minimum Gasteiger partial charge on any atom is -0.333 e. The highest BCUT2D eigenvalue weighted by Crippen LogP contribution is 2.19. The maximum Gasteiger partial charge on any atom is 0.274 e. The van der Waals surface area contributed by atoms with E-state index in [9.17, 15) is 9.59 Å². The molecular weight excluding hydrogens is 352 g/mol. The smallest absolute Gasteiger partial charge is 0.274 e. The van der Waals surface area contributed by atoms with Gasteiger partial charge in [-0.05, 0) is 24.6 Å². The van der Waals surface area contributed by atoms with Gasteiger partial charge in [0.2, 0.25) is 5.91 Å². The number of hydrogen-bond acceptors (Lipinski definition) is 3. The van der Waals surface area contributed by atoms with E-state index in [0.29, 0.717) is 31.0 Å². The standard InChI is InChI=1S/C22H24N4O2/c1-3-21(27)23-20-15-19(24-26(20)18-13-9-6-10-14-18)22(28)25(4-2)16-17-11-7-5-8-12-17/h5-15H,3-4,16H2,1-2H3,(H,23,27). The zero-order valence-corrected chi connectivity index (χ0v) is 16.1. The highest BCUT2D eigenvalue weighted by atomic mass is 16.2. The minimum atomic E-state index is -0.173. The Morgan fingerprint density at radius 1 is 1.00 bits per heavy atom. The molecule has 0 radical (unpaired) electrons. The van der Waals surface area contributed by atoms with E-state index < -0.39 is 0 Å². The van der Waals surface area contributed by atoms with Crippen LogP contribution >= 0.6 is 0 Å². The van der Waals surface area contributed by atoms with E-state index in [1.54, 1.807) is 22.6 Å². The van der Waals surface area contributed by atoms with E-state index in [1.807, 2.05) is 67.6 Å². The van der Waals surface area contributed by atoms with E-state index in [0.717, 1.165) is 11.3 Å². The molecule has 144 valence electrons. The second-order valence-electron chi connectivity index (χ2n) is 6.37. The van der Waals surface area contributed by atoms with Crippen molar-refractivity contribution in [3.8, 4) is 5.69 Å². The number of carbonyl (C=O) groups excluding carboxylic acids is 2. The number of carbonyl (C=O) groups is 2. The number of rotatable bonds is 7. The van der Waals surface area contributed by atoms with Crippen LogP contribution in [0.2, 0.25) is 0 Å². The monoisotopic (exact) mass is 376 g/mol. The highest BCUT2D eigenvalue weighted by Gasteiger charge is 2.21. The number of para-hydroxylation sites is 1. The normalized spacial score (nSPS) is 10.5. The Morgan fingerprint density at radius 2 is 1.64 bits per heavy atom. The molecule has 2 aromatic carbocycles. The third-order valence-electron chi connectivity index (χ3n) is 4.40. The fraction of sp³-hybridized carbons (Fsp3) is 0.227. The average Bonchev–Trinajstić information content (AvgIpc) is 3.16. The maximum atomic E-state index is 13.1. The molecule has 0 saturated carbocycles. The van der Waals surface area contributed by atoms with Crippen LogP contribution in [0.25, 0.3) is 5.69 Å². The van der Waals surface area contributed by atoms with Gasteiger partial charge in [-0.2, -0.15) is 5.10 Å². The third kappa shape index (κ3) is 4.46. The van der Waals surface area contributed by atoms with Gasteiger partial charge >= 0.3 is 0 Å². The fourth-order valence-corrected chi connectivity index (χ4v) is 2.86. The van der Waals surface area contributed by atoms with Gasteiger partial charge in [-0.3, -0.25) is 9.59 Å². The second-order valence-corrected chi connectivity index (χ2v) is 6.37. The first kappa shape index (κ1) is 19.4. The van der Waals surface area contributed by atoms with Crippen LogP contribution in [0.5, 0.6) is 0 Å². The molecule has 0 aliphatic carbocycles. The molecule has 0 atom stereocenters. The fourth-order valence-electron chi connectivity index (χ4n) is 2.86. The van der Waals surface area contributed by atoms with E-state index in [1.165, 1.54) is 0 Å². The Kier molecular flexibility index (Phi) is 6.22. The molecule has 0 aliphatic heterocycles. The lowest BCUT2D eigenvalue weighted by Crippen LogP contribution is -2.30. The lowest BCUT2D eigenvalue weighted by molar-refractivity contribution is -0.115. The summed E-state index contributed by atoms with van der Waals surface area (Å²) >= 11 is 0. The van der Waals surface area contributed by atoms with E-state index in [2.05, 4.69) is 10.4 Å². The number of aromatic nitrogens is 2. The van der Waals surface area contributed by atoms with Crippen molar-refractivity contribution in [2.75, 3.05) is 11.9 Å². The summed E-state index contributed by atoms with van der Waals surface area (Å²) in [5.74, 6) is 0.179. The zero-order valence-electron chi connectivity index (χ0n) is 16.1. The lowest BCUT2D eigenvalue weighted by atomic mass is 10.2. The summed E-state index contributed by atoms with van der Waals surface area (Å²) in [6.07, 6.45) is 0.346. The van der Waals surface area contributed by atoms with Crippen molar-refractivity contribution >= 4 is 17.6 Å². The molecule has 0 spiro atoms. The van der Waals surface area contributed by atoms with E-state index >= 15 is 0 Å². The number of benzene rings is 2. The molecular formula is C22H24N4O2. The summed E-state index contributed by atoms with van der Waals surface area (Å²) < 4.78 is 1.59. The summed E-state index contributed by atoms with van der Waals surface area (Å²) in [5, 5.41) is 7.32. The Labute approximate surface area is 164 Å². The van der Waals surface area contributed by atoms with Crippen molar-refractivity contribution in [1.82, 2.24) is 14.7 Å². The molecule has 1 heterocycles. The summed E-state index contributed by atoms with van der Waals surface area (Å²) in [5.41, 5.74) is 2.13.